The molecule has 1 aliphatic rings. The maximum atomic E-state index is 12.7. The van der Waals surface area contributed by atoms with Crippen LogP contribution in [-0.4, -0.2) is 29.4 Å². The lowest BCUT2D eigenvalue weighted by atomic mass is 9.95. The molecule has 4 nitrogen and oxygen atoms in total. The van der Waals surface area contributed by atoms with Crippen LogP contribution < -0.4 is 5.32 Å². The van der Waals surface area contributed by atoms with E-state index >= 15 is 0 Å². The second kappa shape index (κ2) is 6.06. The first-order valence-electron chi connectivity index (χ1n) is 7.21. The van der Waals surface area contributed by atoms with E-state index < -0.39 is 0 Å². The van der Waals surface area contributed by atoms with Crippen molar-refractivity contribution in [2.45, 2.75) is 19.5 Å². The van der Waals surface area contributed by atoms with Crippen LogP contribution in [0.25, 0.3) is 0 Å². The Bertz CT molecular complexity index is 640. The fraction of sp³-hybridized carbons (Fsp3) is 0.294. The third kappa shape index (κ3) is 2.95. The quantitative estimate of drug-likeness (QED) is 0.936. The van der Waals surface area contributed by atoms with Crippen LogP contribution in [-0.2, 0) is 19.5 Å². The second-order valence-electron chi connectivity index (χ2n) is 5.39. The predicted molar refractivity (Wildman–Crippen MR) is 81.9 cm³/mol. The molecule has 1 aromatic carbocycles. The number of carbonyl (C=O) groups is 1. The zero-order chi connectivity index (χ0) is 14.7. The summed E-state index contributed by atoms with van der Waals surface area (Å²) in [6.45, 7) is 2.39. The van der Waals surface area contributed by atoms with Gasteiger partial charge in [0.25, 0.3) is 5.91 Å². The Morgan fingerprint density at radius 2 is 2.10 bits per heavy atom. The summed E-state index contributed by atoms with van der Waals surface area (Å²) in [6.07, 6.45) is 4.42. The van der Waals surface area contributed by atoms with Crippen molar-refractivity contribution in [3.8, 4) is 0 Å². The van der Waals surface area contributed by atoms with Gasteiger partial charge >= 0.3 is 0 Å². The molecule has 2 aromatic rings. The van der Waals surface area contributed by atoms with Gasteiger partial charge in [0.2, 0.25) is 0 Å². The summed E-state index contributed by atoms with van der Waals surface area (Å²) >= 11 is 0. The van der Waals surface area contributed by atoms with Crippen LogP contribution in [0.2, 0.25) is 0 Å². The van der Waals surface area contributed by atoms with E-state index in [0.29, 0.717) is 6.54 Å². The third-order valence-electron chi connectivity index (χ3n) is 3.89. The molecule has 0 atom stereocenters. The van der Waals surface area contributed by atoms with E-state index in [0.717, 1.165) is 30.6 Å². The molecule has 0 aliphatic carbocycles. The van der Waals surface area contributed by atoms with Crippen molar-refractivity contribution in [2.75, 3.05) is 13.6 Å². The van der Waals surface area contributed by atoms with Crippen molar-refractivity contribution in [2.24, 2.45) is 0 Å². The number of benzene rings is 1. The molecule has 2 heterocycles. The Morgan fingerprint density at radius 1 is 1.29 bits per heavy atom. The maximum Gasteiger partial charge on any atom is 0.254 e. The normalized spacial score (nSPS) is 13.6. The molecule has 3 rings (SSSR count). The molecule has 1 aliphatic heterocycles. The molecule has 1 N–H and O–H groups in total. The largest absolute Gasteiger partial charge is 0.337 e. The molecule has 0 radical (unpaired) electrons. The van der Waals surface area contributed by atoms with Gasteiger partial charge in [-0.2, -0.15) is 0 Å². The smallest absolute Gasteiger partial charge is 0.254 e. The van der Waals surface area contributed by atoms with Gasteiger partial charge in [-0.15, -0.1) is 0 Å². The summed E-state index contributed by atoms with van der Waals surface area (Å²) in [5.74, 6) is 0.0885. The molecule has 1 amide bonds. The molecular weight excluding hydrogens is 262 g/mol. The summed E-state index contributed by atoms with van der Waals surface area (Å²) in [5.41, 5.74) is 4.37. The summed E-state index contributed by atoms with van der Waals surface area (Å²) in [4.78, 5) is 18.5. The Hall–Kier alpha value is -2.20. The first-order valence-corrected chi connectivity index (χ1v) is 7.21. The SMILES string of the molecule is CN(Cc1ccncc1)C(=O)c1cccc2c1CCNC2. The van der Waals surface area contributed by atoms with Gasteiger partial charge in [-0.1, -0.05) is 12.1 Å². The number of hydrogen-bond acceptors (Lipinski definition) is 3. The van der Waals surface area contributed by atoms with Crippen molar-refractivity contribution < 1.29 is 4.79 Å². The Morgan fingerprint density at radius 3 is 2.90 bits per heavy atom. The summed E-state index contributed by atoms with van der Waals surface area (Å²) in [6, 6.07) is 9.89. The standard InChI is InChI=1S/C17H19N3O/c1-20(12-13-5-8-18-9-6-13)17(21)16-4-2-3-14-11-19-10-7-15(14)16/h2-6,8-9,19H,7,10-12H2,1H3. The average Bonchev–Trinajstić information content (AvgIpc) is 2.54. The highest BCUT2D eigenvalue weighted by Gasteiger charge is 2.19. The molecular formula is C17H19N3O. The molecule has 108 valence electrons. The highest BCUT2D eigenvalue weighted by Crippen LogP contribution is 2.20. The van der Waals surface area contributed by atoms with Gasteiger partial charge in [0.15, 0.2) is 0 Å². The van der Waals surface area contributed by atoms with E-state index in [1.54, 1.807) is 17.3 Å². The van der Waals surface area contributed by atoms with E-state index in [1.165, 1.54) is 11.1 Å². The van der Waals surface area contributed by atoms with Crippen LogP contribution in [0.5, 0.6) is 0 Å². The average molecular weight is 281 g/mol. The monoisotopic (exact) mass is 281 g/mol. The molecule has 0 fully saturated rings. The first kappa shape index (κ1) is 13.8. The number of carbonyl (C=O) groups excluding carboxylic acids is 1. The number of hydrogen-bond donors (Lipinski definition) is 1. The number of rotatable bonds is 3. The second-order valence-corrected chi connectivity index (χ2v) is 5.39. The molecule has 4 heteroatoms. The highest BCUT2D eigenvalue weighted by atomic mass is 16.2. The van der Waals surface area contributed by atoms with Crippen LogP contribution in [0, 0.1) is 0 Å². The lowest BCUT2D eigenvalue weighted by molar-refractivity contribution is 0.0783. The van der Waals surface area contributed by atoms with Gasteiger partial charge < -0.3 is 10.2 Å². The predicted octanol–water partition coefficient (Wildman–Crippen LogP) is 2.00. The van der Waals surface area contributed by atoms with Crippen molar-refractivity contribution in [1.82, 2.24) is 15.2 Å². The Balaban J connectivity index is 1.82. The summed E-state index contributed by atoms with van der Waals surface area (Å²) in [7, 11) is 1.85. The first-order chi connectivity index (χ1) is 10.3. The molecule has 0 saturated heterocycles. The number of nitrogens with one attached hydrogen (secondary N) is 1. The van der Waals surface area contributed by atoms with E-state index in [4.69, 9.17) is 0 Å². The van der Waals surface area contributed by atoms with Gasteiger partial charge in [0.05, 0.1) is 0 Å². The maximum absolute atomic E-state index is 12.7. The fourth-order valence-corrected chi connectivity index (χ4v) is 2.77. The van der Waals surface area contributed by atoms with Crippen LogP contribution in [0.3, 0.4) is 0 Å². The van der Waals surface area contributed by atoms with E-state index in [1.807, 2.05) is 31.3 Å². The van der Waals surface area contributed by atoms with Gasteiger partial charge in [-0.3, -0.25) is 9.78 Å². The molecule has 0 spiro atoms. The number of nitrogens with zero attached hydrogens (tertiary/aromatic N) is 2. The molecule has 0 bridgehead atoms. The van der Waals surface area contributed by atoms with Crippen LogP contribution >= 0.6 is 0 Å². The number of aromatic nitrogens is 1. The number of fused-ring (bicyclic) bond motifs is 1. The van der Waals surface area contributed by atoms with Gasteiger partial charge in [-0.05, 0) is 47.9 Å². The molecule has 0 unspecified atom stereocenters. The van der Waals surface area contributed by atoms with Crippen LogP contribution in [0.4, 0.5) is 0 Å². The lowest BCUT2D eigenvalue weighted by Crippen LogP contribution is -2.30. The van der Waals surface area contributed by atoms with Gasteiger partial charge in [0, 0.05) is 38.1 Å². The van der Waals surface area contributed by atoms with Crippen molar-refractivity contribution in [1.29, 1.82) is 0 Å². The number of amides is 1. The Kier molecular flexibility index (Phi) is 3.97. The van der Waals surface area contributed by atoms with Gasteiger partial charge in [-0.25, -0.2) is 0 Å². The zero-order valence-corrected chi connectivity index (χ0v) is 12.2. The molecule has 1 aromatic heterocycles. The highest BCUT2D eigenvalue weighted by molar-refractivity contribution is 5.96. The van der Waals surface area contributed by atoms with E-state index in [9.17, 15) is 4.79 Å². The van der Waals surface area contributed by atoms with Crippen molar-refractivity contribution in [3.05, 3.63) is 65.0 Å². The van der Waals surface area contributed by atoms with E-state index in [2.05, 4.69) is 16.4 Å². The fourth-order valence-electron chi connectivity index (χ4n) is 2.77. The Labute approximate surface area is 124 Å². The zero-order valence-electron chi connectivity index (χ0n) is 12.2. The number of pyridine rings is 1. The van der Waals surface area contributed by atoms with Crippen molar-refractivity contribution in [3.63, 3.8) is 0 Å². The summed E-state index contributed by atoms with van der Waals surface area (Å²) < 4.78 is 0. The minimum atomic E-state index is 0.0885. The van der Waals surface area contributed by atoms with Crippen molar-refractivity contribution >= 4 is 5.91 Å². The molecule has 0 saturated carbocycles. The minimum absolute atomic E-state index is 0.0885. The third-order valence-corrected chi connectivity index (χ3v) is 3.89. The van der Waals surface area contributed by atoms with Crippen LogP contribution in [0.1, 0.15) is 27.0 Å². The van der Waals surface area contributed by atoms with E-state index in [-0.39, 0.29) is 5.91 Å². The topological polar surface area (TPSA) is 45.2 Å². The van der Waals surface area contributed by atoms with Gasteiger partial charge in [0.1, 0.15) is 0 Å². The summed E-state index contributed by atoms with van der Waals surface area (Å²) in [5, 5.41) is 3.34. The lowest BCUT2D eigenvalue weighted by Gasteiger charge is -2.23. The minimum Gasteiger partial charge on any atom is -0.337 e. The molecule has 21 heavy (non-hydrogen) atoms. The van der Waals surface area contributed by atoms with Crippen LogP contribution in [0.15, 0.2) is 42.7 Å².